The molecule has 18 heteroatoms. The van der Waals surface area contributed by atoms with Gasteiger partial charge in [-0.2, -0.15) is 0 Å². The van der Waals surface area contributed by atoms with Gasteiger partial charge in [0.15, 0.2) is 6.10 Å². The summed E-state index contributed by atoms with van der Waals surface area (Å²) in [6, 6.07) is 0. The van der Waals surface area contributed by atoms with Crippen LogP contribution in [-0.2, 0) is 55.8 Å². The molecule has 0 saturated heterocycles. The maximum atomic E-state index is 13.1. The fourth-order valence-corrected chi connectivity index (χ4v) is 14.9. The lowest BCUT2D eigenvalue weighted by molar-refractivity contribution is -0.161. The molecule has 0 aromatic heterocycles. The smallest absolute Gasteiger partial charge is 0.463 e. The molecule has 0 amide bonds. The summed E-state index contributed by atoms with van der Waals surface area (Å²) < 4.78 is 61.5. The zero-order valence-corrected chi connectivity index (χ0v) is 77.5. The van der Waals surface area contributed by atoms with Crippen molar-refractivity contribution in [3.05, 3.63) is 146 Å². The van der Waals surface area contributed by atoms with E-state index in [2.05, 4.69) is 167 Å². The molecular formula is C101H176O16P2. The van der Waals surface area contributed by atoms with Crippen molar-refractivity contribution < 1.29 is 75.8 Å². The minimum absolute atomic E-state index is 0.0931. The van der Waals surface area contributed by atoms with Crippen LogP contribution in [0.25, 0.3) is 0 Å². The summed E-state index contributed by atoms with van der Waals surface area (Å²) in [4.78, 5) is 59.0. The summed E-state index contributed by atoms with van der Waals surface area (Å²) in [6.45, 7) is 2.49. The molecule has 0 aliphatic rings. The highest BCUT2D eigenvalue weighted by molar-refractivity contribution is 7.47. The maximum absolute atomic E-state index is 13.1. The van der Waals surface area contributed by atoms with Gasteiger partial charge in [0.25, 0.3) is 0 Å². The molecule has 0 spiro atoms. The van der Waals surface area contributed by atoms with E-state index < -0.39 is 91.5 Å². The summed E-state index contributed by atoms with van der Waals surface area (Å²) in [5.41, 5.74) is 0. The third-order valence-corrected chi connectivity index (χ3v) is 22.4. The van der Waals surface area contributed by atoms with Gasteiger partial charge in [0.05, 0.1) is 26.4 Å². The normalized spacial score (nSPS) is 14.4. The average molecular weight is 1710 g/mol. The molecule has 0 aliphatic carbocycles. The number of aliphatic hydroxyl groups excluding tert-OH is 2. The van der Waals surface area contributed by atoms with E-state index in [4.69, 9.17) is 32.3 Å². The van der Waals surface area contributed by atoms with Gasteiger partial charge in [-0.3, -0.25) is 32.5 Å². The van der Waals surface area contributed by atoms with Crippen LogP contribution >= 0.6 is 15.6 Å². The number of carbonyl (C=O) groups is 3. The molecule has 0 saturated carbocycles. The largest absolute Gasteiger partial charge is 0.472 e. The Labute approximate surface area is 728 Å². The van der Waals surface area contributed by atoms with Crippen molar-refractivity contribution in [2.24, 2.45) is 0 Å². The first-order valence-corrected chi connectivity index (χ1v) is 51.1. The van der Waals surface area contributed by atoms with Crippen LogP contribution < -0.4 is 0 Å². The lowest BCUT2D eigenvalue weighted by atomic mass is 10.0. The molecule has 0 aromatic carbocycles. The molecule has 0 heterocycles. The molecular weight excluding hydrogens is 1530 g/mol. The zero-order chi connectivity index (χ0) is 86.5. The molecule has 686 valence electrons. The number of hydrogen-bond acceptors (Lipinski definition) is 14. The van der Waals surface area contributed by atoms with Crippen LogP contribution in [0.1, 0.15) is 419 Å². The predicted molar refractivity (Wildman–Crippen MR) is 500 cm³/mol. The van der Waals surface area contributed by atoms with E-state index in [0.717, 1.165) is 154 Å². The summed E-state index contributed by atoms with van der Waals surface area (Å²) >= 11 is 0. The van der Waals surface area contributed by atoms with Crippen molar-refractivity contribution in [1.82, 2.24) is 0 Å². The van der Waals surface area contributed by atoms with Crippen LogP contribution in [0, 0.1) is 0 Å². The van der Waals surface area contributed by atoms with Crippen molar-refractivity contribution in [2.45, 2.75) is 437 Å². The van der Waals surface area contributed by atoms with Crippen molar-refractivity contribution in [3.8, 4) is 0 Å². The minimum Gasteiger partial charge on any atom is -0.463 e. The van der Waals surface area contributed by atoms with Crippen LogP contribution in [0.2, 0.25) is 0 Å². The Hall–Kier alpha value is -4.57. The lowest BCUT2D eigenvalue weighted by Gasteiger charge is -2.21. The average Bonchev–Trinajstić information content (AvgIpc) is 0.899. The Morgan fingerprint density at radius 1 is 0.244 bits per heavy atom. The van der Waals surface area contributed by atoms with Gasteiger partial charge in [-0.05, 0) is 141 Å². The van der Waals surface area contributed by atoms with Crippen LogP contribution in [0.4, 0.5) is 0 Å². The molecule has 0 bridgehead atoms. The number of hydrogen-bond donors (Lipinski definition) is 4. The Kier molecular flexibility index (Phi) is 89.1. The van der Waals surface area contributed by atoms with Gasteiger partial charge in [-0.15, -0.1) is 0 Å². The van der Waals surface area contributed by atoms with E-state index in [9.17, 15) is 43.5 Å². The highest BCUT2D eigenvalue weighted by atomic mass is 31.2. The second-order valence-corrected chi connectivity index (χ2v) is 35.0. The Morgan fingerprint density at radius 2 is 0.445 bits per heavy atom. The molecule has 4 N–H and O–H groups in total. The second kappa shape index (κ2) is 92.6. The molecule has 0 radical (unpaired) electrons. The van der Waals surface area contributed by atoms with Gasteiger partial charge in [-0.1, -0.05) is 404 Å². The van der Waals surface area contributed by atoms with Crippen molar-refractivity contribution in [1.29, 1.82) is 0 Å². The summed E-state index contributed by atoms with van der Waals surface area (Å²) in [7, 11) is -9.81. The van der Waals surface area contributed by atoms with Crippen LogP contribution in [-0.4, -0.2) is 95.9 Å². The fourth-order valence-electron chi connectivity index (χ4n) is 13.3. The van der Waals surface area contributed by atoms with E-state index in [1.54, 1.807) is 0 Å². The first kappa shape index (κ1) is 114. The lowest BCUT2D eigenvalue weighted by Crippen LogP contribution is -2.30. The SMILES string of the molecule is CC/C=C\C/C=C\C/C=C\C/C=C\C/C=C\CCCCCCCCCCCCCCCCCCCC(=O)OCC(O)COP(=O)(O)OCC(O)COP(=O)(O)OCC(COC(=O)CCCCCCCCCCCCCCCCCCC/C=C\C/C=C\C/C=C\C/C=C\CCCCC)OC(=O)CCCCCCCCC/C=C\C/C=C\C/C=C\CC. The van der Waals surface area contributed by atoms with E-state index in [0.29, 0.717) is 19.3 Å². The highest BCUT2D eigenvalue weighted by Crippen LogP contribution is 2.45. The quantitative estimate of drug-likeness (QED) is 0.0146. The molecule has 119 heavy (non-hydrogen) atoms. The molecule has 5 atom stereocenters. The predicted octanol–water partition coefficient (Wildman–Crippen LogP) is 29.9. The molecule has 0 aliphatic heterocycles. The van der Waals surface area contributed by atoms with Crippen molar-refractivity contribution in [3.63, 3.8) is 0 Å². The van der Waals surface area contributed by atoms with Gasteiger partial charge in [0, 0.05) is 19.3 Å². The highest BCUT2D eigenvalue weighted by Gasteiger charge is 2.30. The zero-order valence-electron chi connectivity index (χ0n) is 75.8. The van der Waals surface area contributed by atoms with Crippen LogP contribution in [0.3, 0.4) is 0 Å². The van der Waals surface area contributed by atoms with Gasteiger partial charge in [-0.25, -0.2) is 9.13 Å². The fraction of sp³-hybridized carbons (Fsp3) is 0.733. The Balaban J connectivity index is 4.46. The first-order chi connectivity index (χ1) is 58.2. The Bertz CT molecular complexity index is 2740. The number of unbranched alkanes of at least 4 members (excludes halogenated alkanes) is 44. The number of allylic oxidation sites excluding steroid dienone is 24. The third kappa shape index (κ3) is 94.0. The standard InChI is InChI=1S/C101H176O16P2/c1-4-7-10-13-16-19-22-25-28-31-33-35-37-39-41-43-45-47-49-51-53-55-57-59-61-64-66-69-72-75-78-81-84-87-99(104)111-90-96(102)91-113-118(107,108)114-92-97(103)93-115-119(109,110)116-95-98(117-101(106)89-86-83-80-77-74-71-68-63-30-27-24-21-18-15-12-9-6-3)94-112-100(105)88-85-82-79-76-73-70-67-65-62-60-58-56-54-52-50-48-46-44-42-40-38-36-34-32-29-26-23-20-17-14-11-8-5-2/h7,9-10,12,16-21,25-30,33-36,39-42,96-98,102-103H,4-6,8,11,13-15,22-24,31-32,37-38,43-95H2,1-3H3,(H,107,108)(H,109,110)/b10-7-,12-9-,19-16-,20-17-,21-18-,28-25-,29-26-,30-27-,35-33-,36-34-,41-39-,42-40-. The number of carbonyl (C=O) groups excluding carboxylic acids is 3. The summed E-state index contributed by atoms with van der Waals surface area (Å²) in [5.74, 6) is -1.57. The van der Waals surface area contributed by atoms with Crippen molar-refractivity contribution in [2.75, 3.05) is 39.6 Å². The van der Waals surface area contributed by atoms with Gasteiger partial charge in [0.1, 0.15) is 25.4 Å². The molecule has 0 rings (SSSR count). The van der Waals surface area contributed by atoms with Crippen LogP contribution in [0.15, 0.2) is 146 Å². The van der Waals surface area contributed by atoms with Crippen molar-refractivity contribution >= 4 is 33.6 Å². The number of ether oxygens (including phenoxy) is 3. The first-order valence-electron chi connectivity index (χ1n) is 48.1. The number of esters is 3. The summed E-state index contributed by atoms with van der Waals surface area (Å²) in [6.07, 6.45) is 118. The van der Waals surface area contributed by atoms with Crippen LogP contribution in [0.5, 0.6) is 0 Å². The van der Waals surface area contributed by atoms with Gasteiger partial charge in [0.2, 0.25) is 0 Å². The number of phosphoric acid groups is 2. The number of phosphoric ester groups is 2. The minimum atomic E-state index is -4.94. The van der Waals surface area contributed by atoms with E-state index in [1.165, 1.54) is 205 Å². The molecule has 16 nitrogen and oxygen atoms in total. The third-order valence-electron chi connectivity index (χ3n) is 20.5. The molecule has 0 fully saturated rings. The Morgan fingerprint density at radius 3 is 0.706 bits per heavy atom. The van der Waals surface area contributed by atoms with Gasteiger partial charge < -0.3 is 34.2 Å². The number of aliphatic hydroxyl groups is 2. The topological polar surface area (TPSA) is 231 Å². The molecule has 5 unspecified atom stereocenters. The monoisotopic (exact) mass is 1710 g/mol. The second-order valence-electron chi connectivity index (χ2n) is 32.1. The van der Waals surface area contributed by atoms with E-state index in [1.807, 2.05) is 0 Å². The molecule has 0 aromatic rings. The maximum Gasteiger partial charge on any atom is 0.472 e. The summed E-state index contributed by atoms with van der Waals surface area (Å²) in [5, 5.41) is 20.7. The van der Waals surface area contributed by atoms with E-state index >= 15 is 0 Å². The van der Waals surface area contributed by atoms with Gasteiger partial charge >= 0.3 is 33.6 Å². The number of rotatable bonds is 91. The van der Waals surface area contributed by atoms with E-state index in [-0.39, 0.29) is 19.3 Å².